The van der Waals surface area contributed by atoms with E-state index in [2.05, 4.69) is 16.9 Å². The van der Waals surface area contributed by atoms with Crippen LogP contribution >= 0.6 is 0 Å². The standard InChI is InChI=1S/C19H22F2N2O/c1-13-3-5-16(17(21)11-13)19(18-6-4-14(20)12-22-18)24-15-7-9-23(2)10-8-15/h3-6,11-12,15,19H,7-10H2,1-2H3. The molecule has 0 radical (unpaired) electrons. The summed E-state index contributed by atoms with van der Waals surface area (Å²) in [5, 5.41) is 0. The van der Waals surface area contributed by atoms with Gasteiger partial charge in [0.2, 0.25) is 0 Å². The Kier molecular flexibility index (Phi) is 5.21. The highest BCUT2D eigenvalue weighted by molar-refractivity contribution is 5.30. The fourth-order valence-electron chi connectivity index (χ4n) is 3.00. The first-order valence-corrected chi connectivity index (χ1v) is 8.24. The lowest BCUT2D eigenvalue weighted by molar-refractivity contribution is -0.0263. The first-order chi connectivity index (χ1) is 11.5. The molecule has 1 aliphatic rings. The maximum absolute atomic E-state index is 14.5. The molecule has 3 nitrogen and oxygen atoms in total. The fourth-order valence-corrected chi connectivity index (χ4v) is 3.00. The molecule has 0 aliphatic carbocycles. The van der Waals surface area contributed by atoms with Crippen LogP contribution in [0.2, 0.25) is 0 Å². The van der Waals surface area contributed by atoms with Crippen LogP contribution in [0.5, 0.6) is 0 Å². The maximum Gasteiger partial charge on any atom is 0.141 e. The SMILES string of the molecule is Cc1ccc(C(OC2CCN(C)CC2)c2ccc(F)cn2)c(F)c1. The zero-order valence-electron chi connectivity index (χ0n) is 14.0. The fraction of sp³-hybridized carbons (Fsp3) is 0.421. The van der Waals surface area contributed by atoms with Gasteiger partial charge in [-0.1, -0.05) is 12.1 Å². The van der Waals surface area contributed by atoms with Crippen molar-refractivity contribution in [1.29, 1.82) is 0 Å². The van der Waals surface area contributed by atoms with Gasteiger partial charge in [0.25, 0.3) is 0 Å². The smallest absolute Gasteiger partial charge is 0.141 e. The summed E-state index contributed by atoms with van der Waals surface area (Å²) >= 11 is 0. The second-order valence-electron chi connectivity index (χ2n) is 6.45. The lowest BCUT2D eigenvalue weighted by Crippen LogP contribution is -2.35. The Labute approximate surface area is 141 Å². The molecule has 1 unspecified atom stereocenters. The molecule has 0 saturated carbocycles. The predicted octanol–water partition coefficient (Wildman–Crippen LogP) is 3.87. The van der Waals surface area contributed by atoms with E-state index in [4.69, 9.17) is 4.74 Å². The number of piperidine rings is 1. The third kappa shape index (κ3) is 3.97. The molecule has 3 rings (SSSR count). The number of likely N-dealkylation sites (tertiary alicyclic amines) is 1. The van der Waals surface area contributed by atoms with Crippen LogP contribution in [0.25, 0.3) is 0 Å². The number of nitrogens with zero attached hydrogens (tertiary/aromatic N) is 2. The topological polar surface area (TPSA) is 25.4 Å². The first kappa shape index (κ1) is 17.0. The van der Waals surface area contributed by atoms with Gasteiger partial charge in [0.15, 0.2) is 0 Å². The Bertz CT molecular complexity index is 682. The van der Waals surface area contributed by atoms with Gasteiger partial charge in [-0.2, -0.15) is 0 Å². The van der Waals surface area contributed by atoms with Crippen LogP contribution in [0.15, 0.2) is 36.5 Å². The molecule has 5 heteroatoms. The molecular formula is C19H22F2N2O. The summed E-state index contributed by atoms with van der Waals surface area (Å²) < 4.78 is 33.9. The predicted molar refractivity (Wildman–Crippen MR) is 88.8 cm³/mol. The highest BCUT2D eigenvalue weighted by Crippen LogP contribution is 2.31. The molecule has 1 fully saturated rings. The van der Waals surface area contributed by atoms with Crippen molar-refractivity contribution in [3.8, 4) is 0 Å². The van der Waals surface area contributed by atoms with Gasteiger partial charge in [0.05, 0.1) is 18.0 Å². The van der Waals surface area contributed by atoms with Crippen molar-refractivity contribution in [1.82, 2.24) is 9.88 Å². The van der Waals surface area contributed by atoms with Crippen molar-refractivity contribution in [2.75, 3.05) is 20.1 Å². The van der Waals surface area contributed by atoms with Crippen LogP contribution in [0.3, 0.4) is 0 Å². The van der Waals surface area contributed by atoms with Crippen LogP contribution in [0.1, 0.15) is 35.8 Å². The van der Waals surface area contributed by atoms with Crippen LogP contribution in [0, 0.1) is 18.6 Å². The summed E-state index contributed by atoms with van der Waals surface area (Å²) in [5.41, 5.74) is 1.82. The Balaban J connectivity index is 1.89. The second kappa shape index (κ2) is 7.36. The summed E-state index contributed by atoms with van der Waals surface area (Å²) in [7, 11) is 2.08. The molecule has 128 valence electrons. The molecule has 2 heterocycles. The molecule has 0 bridgehead atoms. The quantitative estimate of drug-likeness (QED) is 0.850. The van der Waals surface area contributed by atoms with Gasteiger partial charge in [-0.05, 0) is 50.6 Å². The van der Waals surface area contributed by atoms with E-state index in [0.29, 0.717) is 11.3 Å². The van der Waals surface area contributed by atoms with E-state index in [1.54, 1.807) is 12.1 Å². The van der Waals surface area contributed by atoms with E-state index in [1.807, 2.05) is 13.0 Å². The lowest BCUT2D eigenvalue weighted by Gasteiger charge is -2.32. The molecule has 2 aromatic rings. The van der Waals surface area contributed by atoms with Crippen molar-refractivity contribution in [2.24, 2.45) is 0 Å². The number of aryl methyl sites for hydroxylation is 1. The Morgan fingerprint density at radius 1 is 1.17 bits per heavy atom. The summed E-state index contributed by atoms with van der Waals surface area (Å²) in [6.07, 6.45) is 2.34. The summed E-state index contributed by atoms with van der Waals surface area (Å²) in [6.45, 7) is 3.74. The van der Waals surface area contributed by atoms with Crippen LogP contribution < -0.4 is 0 Å². The monoisotopic (exact) mass is 332 g/mol. The number of hydrogen-bond acceptors (Lipinski definition) is 3. The van der Waals surface area contributed by atoms with E-state index in [0.717, 1.165) is 37.7 Å². The van der Waals surface area contributed by atoms with E-state index in [9.17, 15) is 8.78 Å². The third-order valence-electron chi connectivity index (χ3n) is 4.45. The van der Waals surface area contributed by atoms with Crippen LogP contribution in [-0.4, -0.2) is 36.1 Å². The molecule has 0 amide bonds. The third-order valence-corrected chi connectivity index (χ3v) is 4.45. The molecule has 0 N–H and O–H groups in total. The number of benzene rings is 1. The molecule has 1 atom stereocenters. The number of aromatic nitrogens is 1. The minimum absolute atomic E-state index is 0.0405. The molecular weight excluding hydrogens is 310 g/mol. The van der Waals surface area contributed by atoms with Gasteiger partial charge in [0, 0.05) is 18.7 Å². The van der Waals surface area contributed by atoms with E-state index in [1.165, 1.54) is 12.1 Å². The van der Waals surface area contributed by atoms with Crippen LogP contribution in [0.4, 0.5) is 8.78 Å². The highest BCUT2D eigenvalue weighted by atomic mass is 19.1. The molecule has 1 saturated heterocycles. The minimum Gasteiger partial charge on any atom is -0.364 e. The average molecular weight is 332 g/mol. The molecule has 0 spiro atoms. The molecule has 1 aromatic heterocycles. The van der Waals surface area contributed by atoms with E-state index >= 15 is 0 Å². The van der Waals surface area contributed by atoms with Gasteiger partial charge in [-0.15, -0.1) is 0 Å². The second-order valence-corrected chi connectivity index (χ2v) is 6.45. The normalized spacial score (nSPS) is 17.8. The zero-order valence-corrected chi connectivity index (χ0v) is 14.0. The van der Waals surface area contributed by atoms with Gasteiger partial charge < -0.3 is 9.64 Å². The summed E-state index contributed by atoms with van der Waals surface area (Å²) in [5.74, 6) is -0.736. The number of ether oxygens (including phenoxy) is 1. The molecule has 1 aliphatic heterocycles. The Morgan fingerprint density at radius 2 is 1.92 bits per heavy atom. The van der Waals surface area contributed by atoms with Crippen molar-refractivity contribution >= 4 is 0 Å². The van der Waals surface area contributed by atoms with Crippen molar-refractivity contribution in [3.63, 3.8) is 0 Å². The minimum atomic E-state index is -0.625. The highest BCUT2D eigenvalue weighted by Gasteiger charge is 2.26. The molecule has 24 heavy (non-hydrogen) atoms. The average Bonchev–Trinajstić information content (AvgIpc) is 2.56. The number of pyridine rings is 1. The Morgan fingerprint density at radius 3 is 2.54 bits per heavy atom. The van der Waals surface area contributed by atoms with Crippen molar-refractivity contribution in [2.45, 2.75) is 32.0 Å². The first-order valence-electron chi connectivity index (χ1n) is 8.24. The molecule has 1 aromatic carbocycles. The van der Waals surface area contributed by atoms with E-state index < -0.39 is 11.9 Å². The number of halogens is 2. The van der Waals surface area contributed by atoms with E-state index in [-0.39, 0.29) is 11.9 Å². The van der Waals surface area contributed by atoms with Gasteiger partial charge in [-0.3, -0.25) is 4.98 Å². The number of rotatable bonds is 4. The Hall–Kier alpha value is -1.85. The lowest BCUT2D eigenvalue weighted by atomic mass is 10.0. The number of hydrogen-bond donors (Lipinski definition) is 0. The largest absolute Gasteiger partial charge is 0.364 e. The van der Waals surface area contributed by atoms with Gasteiger partial charge in [-0.25, -0.2) is 8.78 Å². The summed E-state index contributed by atoms with van der Waals surface area (Å²) in [6, 6.07) is 7.97. The van der Waals surface area contributed by atoms with Gasteiger partial charge >= 0.3 is 0 Å². The summed E-state index contributed by atoms with van der Waals surface area (Å²) in [4.78, 5) is 6.37. The maximum atomic E-state index is 14.5. The van der Waals surface area contributed by atoms with Crippen molar-refractivity contribution in [3.05, 3.63) is 65.0 Å². The zero-order chi connectivity index (χ0) is 17.1. The van der Waals surface area contributed by atoms with Gasteiger partial charge in [0.1, 0.15) is 17.7 Å². The van der Waals surface area contributed by atoms with Crippen LogP contribution in [-0.2, 0) is 4.74 Å². The van der Waals surface area contributed by atoms with Crippen molar-refractivity contribution < 1.29 is 13.5 Å².